The number of carbonyl (C=O) groups excluding carboxylic acids is 1. The van der Waals surface area contributed by atoms with Gasteiger partial charge in [0, 0.05) is 20.5 Å². The van der Waals surface area contributed by atoms with Crippen LogP contribution in [0.4, 0.5) is 5.95 Å². The maximum Gasteiger partial charge on any atom is 0.321 e. The number of hydrogen-bond acceptors (Lipinski definition) is 6. The van der Waals surface area contributed by atoms with Gasteiger partial charge in [0.15, 0.2) is 5.82 Å². The highest BCUT2D eigenvalue weighted by Gasteiger charge is 2.09. The van der Waals surface area contributed by atoms with Crippen molar-refractivity contribution in [1.82, 2.24) is 20.3 Å². The third kappa shape index (κ3) is 6.37. The number of amides is 1. The molecule has 0 aliphatic heterocycles. The summed E-state index contributed by atoms with van der Waals surface area (Å²) < 4.78 is 5.07. The van der Waals surface area contributed by atoms with Crippen LogP contribution < -0.4 is 15.0 Å². The van der Waals surface area contributed by atoms with Crippen LogP contribution in [0.5, 0.6) is 6.01 Å². The van der Waals surface area contributed by atoms with Crippen LogP contribution in [-0.2, 0) is 17.8 Å². The minimum atomic E-state index is -0.00107. The second-order valence-corrected chi connectivity index (χ2v) is 5.90. The largest absolute Gasteiger partial charge is 0.467 e. The van der Waals surface area contributed by atoms with Gasteiger partial charge in [0.25, 0.3) is 0 Å². The zero-order chi connectivity index (χ0) is 18.1. The van der Waals surface area contributed by atoms with Gasteiger partial charge in [-0.3, -0.25) is 4.79 Å². The van der Waals surface area contributed by atoms with Gasteiger partial charge in [-0.25, -0.2) is 0 Å². The number of anilines is 1. The number of rotatable bonds is 9. The smallest absolute Gasteiger partial charge is 0.321 e. The first-order valence-electron chi connectivity index (χ1n) is 8.35. The number of ether oxygens (including phenoxy) is 1. The van der Waals surface area contributed by atoms with E-state index in [1.165, 1.54) is 12.7 Å². The molecule has 2 aromatic rings. The maximum atomic E-state index is 12.0. The number of aromatic nitrogens is 3. The average Bonchev–Trinajstić information content (AvgIpc) is 2.64. The van der Waals surface area contributed by atoms with E-state index in [4.69, 9.17) is 4.74 Å². The zero-order valence-electron chi connectivity index (χ0n) is 15.0. The first-order chi connectivity index (χ1) is 12.1. The molecule has 1 heterocycles. The average molecular weight is 343 g/mol. The molecule has 1 aromatic carbocycles. The van der Waals surface area contributed by atoms with Crippen molar-refractivity contribution in [3.8, 4) is 6.01 Å². The molecular weight excluding hydrogens is 318 g/mol. The van der Waals surface area contributed by atoms with Crippen molar-refractivity contribution in [2.24, 2.45) is 0 Å². The molecule has 1 N–H and O–H groups in total. The number of methoxy groups -OCH3 is 1. The van der Waals surface area contributed by atoms with Crippen molar-refractivity contribution in [1.29, 1.82) is 0 Å². The fourth-order valence-electron chi connectivity index (χ4n) is 2.28. The highest BCUT2D eigenvalue weighted by molar-refractivity contribution is 5.75. The molecule has 7 nitrogen and oxygen atoms in total. The van der Waals surface area contributed by atoms with E-state index in [-0.39, 0.29) is 18.5 Å². The fourth-order valence-corrected chi connectivity index (χ4v) is 2.28. The van der Waals surface area contributed by atoms with Crippen molar-refractivity contribution in [2.45, 2.75) is 32.2 Å². The molecule has 0 bridgehead atoms. The molecule has 0 unspecified atom stereocenters. The predicted molar refractivity (Wildman–Crippen MR) is 96.5 cm³/mol. The highest BCUT2D eigenvalue weighted by Crippen LogP contribution is 2.10. The molecule has 7 heteroatoms. The number of aryl methyl sites for hydroxylation is 1. The van der Waals surface area contributed by atoms with E-state index in [0.29, 0.717) is 18.2 Å². The Morgan fingerprint density at radius 2 is 1.88 bits per heavy atom. The van der Waals surface area contributed by atoms with E-state index in [1.807, 2.05) is 32.3 Å². The SMILES string of the molecule is COc1nc(CNC(=O)CCCCc2ccccc2)nc(N(C)C)n1. The molecule has 0 aliphatic rings. The molecule has 0 atom stereocenters. The van der Waals surface area contributed by atoms with Crippen LogP contribution in [0.1, 0.15) is 30.7 Å². The van der Waals surface area contributed by atoms with Gasteiger partial charge in [0.2, 0.25) is 11.9 Å². The first-order valence-corrected chi connectivity index (χ1v) is 8.35. The Hall–Kier alpha value is -2.70. The van der Waals surface area contributed by atoms with Crippen molar-refractivity contribution in [2.75, 3.05) is 26.1 Å². The number of unbranched alkanes of at least 4 members (excludes halogenated alkanes) is 1. The monoisotopic (exact) mass is 343 g/mol. The van der Waals surface area contributed by atoms with E-state index in [9.17, 15) is 4.79 Å². The van der Waals surface area contributed by atoms with Gasteiger partial charge in [0.05, 0.1) is 13.7 Å². The summed E-state index contributed by atoms with van der Waals surface area (Å²) in [5, 5.41) is 2.85. The lowest BCUT2D eigenvalue weighted by Crippen LogP contribution is -2.24. The molecular formula is C18H25N5O2. The molecule has 0 saturated carbocycles. The summed E-state index contributed by atoms with van der Waals surface area (Å²) in [6, 6.07) is 10.5. The standard InChI is InChI=1S/C18H25N5O2/c1-23(2)17-20-15(21-18(22-17)25-3)13-19-16(24)12-8-7-11-14-9-5-4-6-10-14/h4-6,9-10H,7-8,11-13H2,1-3H3,(H,19,24). The summed E-state index contributed by atoms with van der Waals surface area (Å²) in [5.41, 5.74) is 1.30. The number of nitrogens with zero attached hydrogens (tertiary/aromatic N) is 4. The van der Waals surface area contributed by atoms with E-state index >= 15 is 0 Å². The highest BCUT2D eigenvalue weighted by atomic mass is 16.5. The molecule has 0 saturated heterocycles. The molecule has 1 amide bonds. The van der Waals surface area contributed by atoms with Gasteiger partial charge in [-0.05, 0) is 24.8 Å². The summed E-state index contributed by atoms with van der Waals surface area (Å²) >= 11 is 0. The lowest BCUT2D eigenvalue weighted by Gasteiger charge is -2.12. The van der Waals surface area contributed by atoms with Crippen LogP contribution in [-0.4, -0.2) is 42.1 Å². The van der Waals surface area contributed by atoms with E-state index < -0.39 is 0 Å². The van der Waals surface area contributed by atoms with Crippen molar-refractivity contribution < 1.29 is 9.53 Å². The summed E-state index contributed by atoms with van der Waals surface area (Å²) in [5.74, 6) is 0.978. The number of nitrogens with one attached hydrogen (secondary N) is 1. The van der Waals surface area contributed by atoms with Crippen molar-refractivity contribution >= 4 is 11.9 Å². The Balaban J connectivity index is 1.75. The minimum Gasteiger partial charge on any atom is -0.467 e. The third-order valence-corrected chi connectivity index (χ3v) is 3.64. The number of hydrogen-bond donors (Lipinski definition) is 1. The van der Waals surface area contributed by atoms with Gasteiger partial charge in [-0.2, -0.15) is 15.0 Å². The first kappa shape index (κ1) is 18.6. The van der Waals surface area contributed by atoms with Crippen LogP contribution in [0, 0.1) is 0 Å². The lowest BCUT2D eigenvalue weighted by atomic mass is 10.1. The van der Waals surface area contributed by atoms with Gasteiger partial charge >= 0.3 is 6.01 Å². The van der Waals surface area contributed by atoms with Crippen LogP contribution in [0.25, 0.3) is 0 Å². The lowest BCUT2D eigenvalue weighted by molar-refractivity contribution is -0.121. The Morgan fingerprint density at radius 1 is 1.12 bits per heavy atom. The van der Waals surface area contributed by atoms with Crippen molar-refractivity contribution in [3.63, 3.8) is 0 Å². The maximum absolute atomic E-state index is 12.0. The second kappa shape index (κ2) is 9.56. The topological polar surface area (TPSA) is 80.2 Å². The van der Waals surface area contributed by atoms with E-state index in [0.717, 1.165) is 19.3 Å². The molecule has 0 spiro atoms. The predicted octanol–water partition coefficient (Wildman–Crippen LogP) is 1.98. The molecule has 0 fully saturated rings. The summed E-state index contributed by atoms with van der Waals surface area (Å²) in [4.78, 5) is 26.3. The summed E-state index contributed by atoms with van der Waals surface area (Å²) in [7, 11) is 5.18. The van der Waals surface area contributed by atoms with Crippen LogP contribution >= 0.6 is 0 Å². The molecule has 0 aliphatic carbocycles. The fraction of sp³-hybridized carbons (Fsp3) is 0.444. The third-order valence-electron chi connectivity index (χ3n) is 3.64. The number of carbonyl (C=O) groups is 1. The normalized spacial score (nSPS) is 10.4. The Labute approximate surface area is 148 Å². The molecule has 1 aromatic heterocycles. The van der Waals surface area contributed by atoms with Gasteiger partial charge in [0.1, 0.15) is 0 Å². The Kier molecular flexibility index (Phi) is 7.13. The van der Waals surface area contributed by atoms with Crippen molar-refractivity contribution in [3.05, 3.63) is 41.7 Å². The Morgan fingerprint density at radius 3 is 2.56 bits per heavy atom. The van der Waals surface area contributed by atoms with Crippen LogP contribution in [0.15, 0.2) is 30.3 Å². The number of benzene rings is 1. The summed E-state index contributed by atoms with van der Waals surface area (Å²) in [6.45, 7) is 0.261. The zero-order valence-corrected chi connectivity index (χ0v) is 15.0. The minimum absolute atomic E-state index is 0.00107. The van der Waals surface area contributed by atoms with Crippen LogP contribution in [0.3, 0.4) is 0 Å². The Bertz CT molecular complexity index is 676. The second-order valence-electron chi connectivity index (χ2n) is 5.90. The quantitative estimate of drug-likeness (QED) is 0.701. The van der Waals surface area contributed by atoms with E-state index in [1.54, 1.807) is 4.90 Å². The molecule has 2 rings (SSSR count). The van der Waals surface area contributed by atoms with Gasteiger partial charge in [-0.1, -0.05) is 30.3 Å². The molecule has 0 radical (unpaired) electrons. The van der Waals surface area contributed by atoms with E-state index in [2.05, 4.69) is 32.4 Å². The summed E-state index contributed by atoms with van der Waals surface area (Å²) in [6.07, 6.45) is 3.33. The van der Waals surface area contributed by atoms with Crippen LogP contribution in [0.2, 0.25) is 0 Å². The molecule has 25 heavy (non-hydrogen) atoms. The van der Waals surface area contributed by atoms with Gasteiger partial charge < -0.3 is 15.0 Å². The van der Waals surface area contributed by atoms with Gasteiger partial charge in [-0.15, -0.1) is 0 Å². The molecule has 134 valence electrons.